The van der Waals surface area contributed by atoms with E-state index in [-0.39, 0.29) is 25.7 Å². The van der Waals surface area contributed by atoms with Crippen molar-refractivity contribution in [2.45, 2.75) is 45.3 Å². The molecule has 39 heavy (non-hydrogen) atoms. The number of amides is 1. The zero-order chi connectivity index (χ0) is 27.5. The maximum atomic E-state index is 15.4. The van der Waals surface area contributed by atoms with Gasteiger partial charge >= 0.3 is 6.09 Å². The summed E-state index contributed by atoms with van der Waals surface area (Å²) in [6, 6.07) is 6.63. The molecule has 1 aromatic carbocycles. The lowest BCUT2D eigenvalue weighted by Gasteiger charge is -2.29. The van der Waals surface area contributed by atoms with Gasteiger partial charge in [0.1, 0.15) is 23.5 Å². The lowest BCUT2D eigenvalue weighted by molar-refractivity contribution is 0.0574. The van der Waals surface area contributed by atoms with Gasteiger partial charge in [-0.1, -0.05) is 0 Å². The van der Waals surface area contributed by atoms with Gasteiger partial charge in [-0.05, 0) is 45.0 Å². The summed E-state index contributed by atoms with van der Waals surface area (Å²) in [5.74, 6) is 0.601. The van der Waals surface area contributed by atoms with E-state index in [1.807, 2.05) is 6.07 Å². The number of aromatic nitrogens is 5. The average molecular weight is 537 g/mol. The number of fused-ring (bicyclic) bond motifs is 3. The first-order valence-electron chi connectivity index (χ1n) is 12.7. The highest BCUT2D eigenvalue weighted by molar-refractivity contribution is 5.91. The van der Waals surface area contributed by atoms with Crippen molar-refractivity contribution in [2.24, 2.45) is 7.05 Å². The van der Waals surface area contributed by atoms with Crippen molar-refractivity contribution in [3.05, 3.63) is 53.2 Å². The summed E-state index contributed by atoms with van der Waals surface area (Å²) in [5.41, 5.74) is 2.80. The standard InChI is InChI=1S/C27H29FN6O5/c1-27(2,3)39-26(36)33-11-18-19(28)5-6-21-23(18)15(12-37-21)13-38-22-10-17(24-30-29-14-34(24)25(22)33)20-9-16(7-8-35)31-32(20)4/h5-6,9-10,14-15,35H,7-8,11-13H2,1-4H3/t15-/m1/s1. The van der Waals surface area contributed by atoms with Gasteiger partial charge in [-0.15, -0.1) is 10.2 Å². The van der Waals surface area contributed by atoms with Crippen LogP contribution in [0, 0.1) is 5.82 Å². The zero-order valence-electron chi connectivity index (χ0n) is 22.1. The molecular formula is C27H29FN6O5. The molecule has 1 atom stereocenters. The van der Waals surface area contributed by atoms with E-state index in [0.29, 0.717) is 58.4 Å². The van der Waals surface area contributed by atoms with Crippen LogP contribution in [0.5, 0.6) is 11.5 Å². The normalized spacial score (nSPS) is 16.6. The molecule has 11 nitrogen and oxygen atoms in total. The number of rotatable bonds is 3. The summed E-state index contributed by atoms with van der Waals surface area (Å²) >= 11 is 0. The van der Waals surface area contributed by atoms with Crippen LogP contribution >= 0.6 is 0 Å². The van der Waals surface area contributed by atoms with Gasteiger partial charge in [0.05, 0.1) is 37.1 Å². The number of benzene rings is 1. The maximum Gasteiger partial charge on any atom is 0.416 e. The molecule has 4 aromatic rings. The van der Waals surface area contributed by atoms with E-state index < -0.39 is 17.5 Å². The van der Waals surface area contributed by atoms with Crippen molar-refractivity contribution in [3.8, 4) is 22.8 Å². The molecule has 0 fully saturated rings. The summed E-state index contributed by atoms with van der Waals surface area (Å²) in [7, 11) is 1.80. The number of halogens is 1. The molecule has 1 N–H and O–H groups in total. The Kier molecular flexibility index (Phi) is 5.94. The summed E-state index contributed by atoms with van der Waals surface area (Å²) < 4.78 is 36.7. The predicted molar refractivity (Wildman–Crippen MR) is 139 cm³/mol. The molecular weight excluding hydrogens is 507 g/mol. The number of hydrogen-bond donors (Lipinski definition) is 1. The Labute approximate surface area is 223 Å². The predicted octanol–water partition coefficient (Wildman–Crippen LogP) is 3.61. The molecule has 204 valence electrons. The Morgan fingerprint density at radius 2 is 1.97 bits per heavy atom. The molecule has 1 amide bonds. The van der Waals surface area contributed by atoms with E-state index in [1.165, 1.54) is 17.3 Å². The van der Waals surface area contributed by atoms with Crippen molar-refractivity contribution in [1.82, 2.24) is 24.4 Å². The van der Waals surface area contributed by atoms with Gasteiger partial charge < -0.3 is 19.3 Å². The molecule has 0 saturated carbocycles. The lowest BCUT2D eigenvalue weighted by Crippen LogP contribution is -2.38. The Hall–Kier alpha value is -4.19. The molecule has 0 bridgehead atoms. The second-order valence-corrected chi connectivity index (χ2v) is 10.7. The van der Waals surface area contributed by atoms with Crippen LogP contribution in [0.2, 0.25) is 0 Å². The number of nitrogens with zero attached hydrogens (tertiary/aromatic N) is 6. The number of pyridine rings is 1. The Morgan fingerprint density at radius 1 is 1.21 bits per heavy atom. The zero-order valence-corrected chi connectivity index (χ0v) is 22.1. The van der Waals surface area contributed by atoms with Gasteiger partial charge in [-0.2, -0.15) is 5.10 Å². The fourth-order valence-corrected chi connectivity index (χ4v) is 5.17. The van der Waals surface area contributed by atoms with Gasteiger partial charge in [0.15, 0.2) is 17.2 Å². The van der Waals surface area contributed by atoms with E-state index >= 15 is 4.39 Å². The average Bonchev–Trinajstić information content (AvgIpc) is 3.60. The van der Waals surface area contributed by atoms with Crippen LogP contribution in [-0.2, 0) is 24.8 Å². The number of carbonyl (C=O) groups excluding carboxylic acids is 1. The number of aliphatic hydroxyl groups excluding tert-OH is 1. The molecule has 3 aromatic heterocycles. The largest absolute Gasteiger partial charge is 0.493 e. The first-order chi connectivity index (χ1) is 18.6. The van der Waals surface area contributed by atoms with Crippen molar-refractivity contribution < 1.29 is 28.5 Å². The minimum atomic E-state index is -0.802. The van der Waals surface area contributed by atoms with E-state index in [4.69, 9.17) is 14.2 Å². The van der Waals surface area contributed by atoms with Crippen molar-refractivity contribution in [1.29, 1.82) is 0 Å². The first kappa shape index (κ1) is 25.1. The summed E-state index contributed by atoms with van der Waals surface area (Å²) in [4.78, 5) is 15.1. The van der Waals surface area contributed by atoms with Crippen LogP contribution in [0.3, 0.4) is 0 Å². The highest BCUT2D eigenvalue weighted by Gasteiger charge is 2.37. The Morgan fingerprint density at radius 3 is 2.72 bits per heavy atom. The number of anilines is 1. The number of aliphatic hydroxyl groups is 1. The molecule has 2 aliphatic rings. The number of aryl methyl sites for hydroxylation is 1. The van der Waals surface area contributed by atoms with E-state index in [1.54, 1.807) is 49.0 Å². The fraction of sp³-hybridized carbons (Fsp3) is 0.407. The van der Waals surface area contributed by atoms with Gasteiger partial charge in [0.25, 0.3) is 0 Å². The van der Waals surface area contributed by atoms with E-state index in [9.17, 15) is 9.90 Å². The van der Waals surface area contributed by atoms with Crippen LogP contribution in [0.1, 0.15) is 43.5 Å². The van der Waals surface area contributed by atoms with Crippen molar-refractivity contribution in [2.75, 3.05) is 24.7 Å². The quantitative estimate of drug-likeness (QED) is 0.422. The van der Waals surface area contributed by atoms with E-state index in [2.05, 4.69) is 15.3 Å². The molecule has 0 spiro atoms. The third-order valence-corrected chi connectivity index (χ3v) is 6.82. The molecule has 12 heteroatoms. The van der Waals surface area contributed by atoms with Crippen molar-refractivity contribution in [3.63, 3.8) is 0 Å². The van der Waals surface area contributed by atoms with E-state index in [0.717, 1.165) is 5.69 Å². The molecule has 0 unspecified atom stereocenters. The van der Waals surface area contributed by atoms with Crippen LogP contribution < -0.4 is 14.4 Å². The minimum Gasteiger partial charge on any atom is -0.493 e. The van der Waals surface area contributed by atoms with Gasteiger partial charge in [-0.3, -0.25) is 14.0 Å². The van der Waals surface area contributed by atoms with Crippen LogP contribution in [0.15, 0.2) is 30.6 Å². The maximum absolute atomic E-state index is 15.4. The summed E-state index contributed by atoms with van der Waals surface area (Å²) in [6.45, 7) is 5.71. The topological polar surface area (TPSA) is 116 Å². The minimum absolute atomic E-state index is 0.0302. The molecule has 0 radical (unpaired) electrons. The van der Waals surface area contributed by atoms with Gasteiger partial charge in [0.2, 0.25) is 0 Å². The Balaban J connectivity index is 1.58. The second-order valence-electron chi connectivity index (χ2n) is 10.7. The fourth-order valence-electron chi connectivity index (χ4n) is 5.17. The smallest absolute Gasteiger partial charge is 0.416 e. The third kappa shape index (κ3) is 4.34. The van der Waals surface area contributed by atoms with Crippen molar-refractivity contribution >= 4 is 17.6 Å². The number of carbonyl (C=O) groups is 1. The van der Waals surface area contributed by atoms with Crippen LogP contribution in [0.4, 0.5) is 15.0 Å². The highest BCUT2D eigenvalue weighted by Crippen LogP contribution is 2.44. The SMILES string of the molecule is Cn1nc(CCO)cc1-c1cc2c(n3cnnc13)N(C(=O)OC(C)(C)C)Cc1c(F)ccc3c1[C@H](CO3)CO2. The number of ether oxygens (including phenoxy) is 3. The van der Waals surface area contributed by atoms with Crippen LogP contribution in [0.25, 0.3) is 16.9 Å². The van der Waals surface area contributed by atoms with Crippen LogP contribution in [-0.4, -0.2) is 61.0 Å². The third-order valence-electron chi connectivity index (χ3n) is 6.82. The second kappa shape index (κ2) is 9.23. The Bertz CT molecular complexity index is 1590. The molecule has 0 saturated heterocycles. The lowest BCUT2D eigenvalue weighted by atomic mass is 9.95. The summed E-state index contributed by atoms with van der Waals surface area (Å²) in [6.07, 6.45) is 1.22. The highest BCUT2D eigenvalue weighted by atomic mass is 19.1. The number of hydrogen-bond acceptors (Lipinski definition) is 8. The molecule has 6 rings (SSSR count). The first-order valence-corrected chi connectivity index (χ1v) is 12.7. The van der Waals surface area contributed by atoms with Gasteiger partial charge in [-0.25, -0.2) is 9.18 Å². The summed E-state index contributed by atoms with van der Waals surface area (Å²) in [5, 5.41) is 22.4. The monoisotopic (exact) mass is 536 g/mol. The van der Waals surface area contributed by atoms with Gasteiger partial charge in [0, 0.05) is 36.8 Å². The molecule has 2 aliphatic heterocycles. The molecule has 5 heterocycles. The molecule has 0 aliphatic carbocycles.